The SMILES string of the molecule is CCCS(=O)(=O)CC(CC(Br)S(=O)(=O)CCC)C(C)(C)C(=O)OC. The van der Waals surface area contributed by atoms with E-state index in [1.165, 1.54) is 7.11 Å². The van der Waals surface area contributed by atoms with Gasteiger partial charge in [0, 0.05) is 5.75 Å². The number of methoxy groups -OCH3 is 1. The van der Waals surface area contributed by atoms with Gasteiger partial charge in [0.2, 0.25) is 0 Å². The number of hydrogen-bond acceptors (Lipinski definition) is 6. The van der Waals surface area contributed by atoms with Crippen molar-refractivity contribution < 1.29 is 26.4 Å². The van der Waals surface area contributed by atoms with Crippen LogP contribution >= 0.6 is 15.9 Å². The number of sulfone groups is 2. The maximum absolute atomic E-state index is 12.2. The molecule has 0 aromatic rings. The molecule has 0 saturated heterocycles. The Labute approximate surface area is 154 Å². The van der Waals surface area contributed by atoms with Crippen LogP contribution in [0.25, 0.3) is 0 Å². The molecule has 0 saturated carbocycles. The Hall–Kier alpha value is -0.150. The lowest BCUT2D eigenvalue weighted by atomic mass is 9.78. The minimum absolute atomic E-state index is 0.00934. The average molecular weight is 449 g/mol. The van der Waals surface area contributed by atoms with Gasteiger partial charge in [-0.05, 0) is 39.0 Å². The third kappa shape index (κ3) is 7.00. The highest BCUT2D eigenvalue weighted by atomic mass is 79.9. The van der Waals surface area contributed by atoms with Gasteiger partial charge in [-0.25, -0.2) is 16.8 Å². The van der Waals surface area contributed by atoms with Gasteiger partial charge in [-0.2, -0.15) is 0 Å². The normalized spacial score (nSPS) is 15.8. The van der Waals surface area contributed by atoms with Gasteiger partial charge in [0.05, 0.1) is 24.0 Å². The fraction of sp³-hybridized carbons (Fsp3) is 0.933. The van der Waals surface area contributed by atoms with Gasteiger partial charge < -0.3 is 4.74 Å². The molecule has 6 nitrogen and oxygen atoms in total. The summed E-state index contributed by atoms with van der Waals surface area (Å²) in [6, 6.07) is 0. The maximum Gasteiger partial charge on any atom is 0.311 e. The summed E-state index contributed by atoms with van der Waals surface area (Å²) in [4.78, 5) is 12.1. The minimum Gasteiger partial charge on any atom is -0.469 e. The predicted octanol–water partition coefficient (Wildman–Crippen LogP) is 2.56. The van der Waals surface area contributed by atoms with Crippen molar-refractivity contribution in [1.82, 2.24) is 0 Å². The Morgan fingerprint density at radius 3 is 2.00 bits per heavy atom. The Morgan fingerprint density at radius 1 is 1.08 bits per heavy atom. The van der Waals surface area contributed by atoms with E-state index in [0.717, 1.165) is 0 Å². The zero-order valence-corrected chi connectivity index (χ0v) is 18.3. The number of alkyl halides is 1. The van der Waals surface area contributed by atoms with E-state index >= 15 is 0 Å². The second-order valence-corrected chi connectivity index (χ2v) is 12.8. The highest BCUT2D eigenvalue weighted by molar-refractivity contribution is 9.11. The standard InChI is InChI=1S/C15H29BrO6S2/c1-6-8-23(18,19)11-12(15(3,4)14(17)22-5)10-13(16)24(20,21)9-7-2/h12-13H,6-11H2,1-5H3. The first-order valence-electron chi connectivity index (χ1n) is 7.98. The van der Waals surface area contributed by atoms with E-state index in [1.807, 2.05) is 0 Å². The predicted molar refractivity (Wildman–Crippen MR) is 99.6 cm³/mol. The van der Waals surface area contributed by atoms with Crippen LogP contribution in [-0.2, 0) is 29.2 Å². The summed E-state index contributed by atoms with van der Waals surface area (Å²) in [7, 11) is -5.54. The monoisotopic (exact) mass is 448 g/mol. The zero-order valence-electron chi connectivity index (χ0n) is 15.0. The van der Waals surface area contributed by atoms with Gasteiger partial charge in [-0.1, -0.05) is 29.8 Å². The number of carbonyl (C=O) groups excluding carboxylic acids is 1. The first kappa shape index (κ1) is 23.9. The van der Waals surface area contributed by atoms with Crippen LogP contribution in [-0.4, -0.2) is 51.3 Å². The highest BCUT2D eigenvalue weighted by Gasteiger charge is 2.42. The van der Waals surface area contributed by atoms with E-state index in [9.17, 15) is 21.6 Å². The molecule has 0 aliphatic rings. The van der Waals surface area contributed by atoms with E-state index in [-0.39, 0.29) is 23.7 Å². The molecule has 0 N–H and O–H groups in total. The van der Waals surface area contributed by atoms with Crippen LogP contribution in [0.4, 0.5) is 0 Å². The van der Waals surface area contributed by atoms with Crippen molar-refractivity contribution in [3.63, 3.8) is 0 Å². The summed E-state index contributed by atoms with van der Waals surface area (Å²) in [5.41, 5.74) is -1.11. The second-order valence-electron chi connectivity index (χ2n) is 6.54. The molecule has 0 aliphatic heterocycles. The third-order valence-corrected chi connectivity index (χ3v) is 10.0. The number of rotatable bonds is 11. The quantitative estimate of drug-likeness (QED) is 0.356. The van der Waals surface area contributed by atoms with Crippen LogP contribution in [0.5, 0.6) is 0 Å². The number of halogens is 1. The van der Waals surface area contributed by atoms with Crippen molar-refractivity contribution in [2.45, 2.75) is 51.1 Å². The van der Waals surface area contributed by atoms with E-state index in [1.54, 1.807) is 27.7 Å². The summed E-state index contributed by atoms with van der Waals surface area (Å²) in [6.07, 6.45) is 0.983. The molecule has 0 aliphatic carbocycles. The lowest BCUT2D eigenvalue weighted by molar-refractivity contribution is -0.153. The highest BCUT2D eigenvalue weighted by Crippen LogP contribution is 2.36. The fourth-order valence-corrected chi connectivity index (χ4v) is 6.80. The Kier molecular flexibility index (Phi) is 9.46. The molecule has 0 spiro atoms. The molecule has 24 heavy (non-hydrogen) atoms. The van der Waals surface area contributed by atoms with Crippen LogP contribution in [0.2, 0.25) is 0 Å². The van der Waals surface area contributed by atoms with Gasteiger partial charge in [-0.15, -0.1) is 0 Å². The number of carbonyl (C=O) groups is 1. The van der Waals surface area contributed by atoms with E-state index < -0.39 is 41.1 Å². The second kappa shape index (κ2) is 9.52. The van der Waals surface area contributed by atoms with Gasteiger partial charge in [-0.3, -0.25) is 4.79 Å². The Morgan fingerprint density at radius 2 is 1.58 bits per heavy atom. The fourth-order valence-electron chi connectivity index (χ4n) is 2.48. The molecule has 0 bridgehead atoms. The topological polar surface area (TPSA) is 94.6 Å². The first-order valence-corrected chi connectivity index (χ1v) is 12.4. The van der Waals surface area contributed by atoms with Gasteiger partial charge in [0.1, 0.15) is 4.16 Å². The van der Waals surface area contributed by atoms with Gasteiger partial charge in [0.15, 0.2) is 19.7 Å². The van der Waals surface area contributed by atoms with Crippen molar-refractivity contribution in [2.75, 3.05) is 24.4 Å². The Bertz CT molecular complexity index is 610. The summed E-state index contributed by atoms with van der Waals surface area (Å²) < 4.78 is 52.8. The molecule has 144 valence electrons. The largest absolute Gasteiger partial charge is 0.469 e. The molecule has 0 aromatic carbocycles. The van der Waals surface area contributed by atoms with E-state index in [0.29, 0.717) is 12.8 Å². The molecule has 0 fully saturated rings. The van der Waals surface area contributed by atoms with E-state index in [2.05, 4.69) is 15.9 Å². The average Bonchev–Trinajstić information content (AvgIpc) is 2.44. The molecule has 0 rings (SSSR count). The van der Waals surface area contributed by atoms with Crippen LogP contribution in [0.1, 0.15) is 47.0 Å². The number of esters is 1. The van der Waals surface area contributed by atoms with Crippen LogP contribution in [0.3, 0.4) is 0 Å². The lowest BCUT2D eigenvalue weighted by Gasteiger charge is -2.32. The zero-order chi connectivity index (χ0) is 19.2. The molecule has 0 radical (unpaired) electrons. The van der Waals surface area contributed by atoms with Crippen molar-refractivity contribution in [1.29, 1.82) is 0 Å². The number of hydrogen-bond donors (Lipinski definition) is 0. The molecule has 9 heteroatoms. The lowest BCUT2D eigenvalue weighted by Crippen LogP contribution is -2.40. The van der Waals surface area contributed by atoms with Gasteiger partial charge in [0.25, 0.3) is 0 Å². The summed E-state index contributed by atoms with van der Waals surface area (Å²) in [5.74, 6) is -1.44. The van der Waals surface area contributed by atoms with Crippen LogP contribution in [0.15, 0.2) is 0 Å². The molecular formula is C15H29BrO6S2. The van der Waals surface area contributed by atoms with E-state index in [4.69, 9.17) is 4.74 Å². The first-order chi connectivity index (χ1) is 10.8. The summed E-state index contributed by atoms with van der Waals surface area (Å²) >= 11 is 3.18. The van der Waals surface area contributed by atoms with Crippen molar-refractivity contribution >= 4 is 41.6 Å². The Balaban J connectivity index is 5.61. The van der Waals surface area contributed by atoms with Crippen molar-refractivity contribution in [3.05, 3.63) is 0 Å². The molecule has 0 aromatic heterocycles. The number of ether oxygens (including phenoxy) is 1. The maximum atomic E-state index is 12.2. The van der Waals surface area contributed by atoms with Crippen LogP contribution in [0, 0.1) is 11.3 Å². The van der Waals surface area contributed by atoms with Crippen LogP contribution < -0.4 is 0 Å². The molecule has 2 atom stereocenters. The smallest absolute Gasteiger partial charge is 0.311 e. The van der Waals surface area contributed by atoms with Gasteiger partial charge >= 0.3 is 5.97 Å². The minimum atomic E-state index is -3.40. The third-order valence-electron chi connectivity index (χ3n) is 4.05. The molecule has 0 amide bonds. The molecule has 2 unspecified atom stereocenters. The van der Waals surface area contributed by atoms with Crippen molar-refractivity contribution in [3.8, 4) is 0 Å². The molecule has 0 heterocycles. The summed E-state index contributed by atoms with van der Waals surface area (Å²) in [6.45, 7) is 6.71. The summed E-state index contributed by atoms with van der Waals surface area (Å²) in [5, 5.41) is 0. The van der Waals surface area contributed by atoms with Crippen molar-refractivity contribution in [2.24, 2.45) is 11.3 Å². The molecular weight excluding hydrogens is 420 g/mol.